The molecule has 3 fully saturated rings. The maximum Gasteiger partial charge on any atom is 0.303 e. The van der Waals surface area contributed by atoms with Gasteiger partial charge in [0.15, 0.2) is 11.4 Å². The fourth-order valence-corrected chi connectivity index (χ4v) is 7.73. The van der Waals surface area contributed by atoms with Gasteiger partial charge in [0.2, 0.25) is 5.78 Å². The molecule has 2 N–H and O–H groups in total. The van der Waals surface area contributed by atoms with Crippen LogP contribution in [-0.4, -0.2) is 46.1 Å². The number of ether oxygens (including phenoxy) is 1. The van der Waals surface area contributed by atoms with E-state index in [1.165, 1.54) is 6.92 Å². The molecule has 0 saturated heterocycles. The summed E-state index contributed by atoms with van der Waals surface area (Å²) in [7, 11) is 0. The molecular formula is C23H32O6. The zero-order valence-corrected chi connectivity index (χ0v) is 17.6. The average molecular weight is 405 g/mol. The molecule has 0 aliphatic heterocycles. The van der Waals surface area contributed by atoms with Gasteiger partial charge >= 0.3 is 5.97 Å². The SMILES string of the molecule is CC(=O)O[C@]1(C(=O)CO)CC[C@@H]2[C@@H]3CCC4=CC(=O)CC[C@]4(C)[C@H]3[C@@H](O)C[C@@]21C. The molecule has 4 rings (SSSR count). The molecular weight excluding hydrogens is 372 g/mol. The monoisotopic (exact) mass is 404 g/mol. The van der Waals surface area contributed by atoms with Crippen molar-refractivity contribution in [2.45, 2.75) is 77.4 Å². The van der Waals surface area contributed by atoms with Crippen LogP contribution in [0, 0.1) is 28.6 Å². The van der Waals surface area contributed by atoms with Gasteiger partial charge in [-0.25, -0.2) is 0 Å². The molecule has 4 aliphatic rings. The third kappa shape index (κ3) is 2.71. The molecule has 0 amide bonds. The van der Waals surface area contributed by atoms with E-state index in [4.69, 9.17) is 4.74 Å². The third-order valence-corrected chi connectivity index (χ3v) is 8.93. The second-order valence-corrected chi connectivity index (χ2v) is 10.1. The number of aliphatic hydroxyl groups excluding tert-OH is 2. The van der Waals surface area contributed by atoms with Gasteiger partial charge < -0.3 is 14.9 Å². The Balaban J connectivity index is 1.76. The van der Waals surface area contributed by atoms with Gasteiger partial charge in [0.05, 0.1) is 6.10 Å². The maximum absolute atomic E-state index is 12.9. The number of hydrogen-bond donors (Lipinski definition) is 2. The van der Waals surface area contributed by atoms with Crippen molar-refractivity contribution in [3.05, 3.63) is 11.6 Å². The van der Waals surface area contributed by atoms with E-state index in [2.05, 4.69) is 6.92 Å². The molecule has 0 spiro atoms. The van der Waals surface area contributed by atoms with Crippen molar-refractivity contribution in [1.29, 1.82) is 0 Å². The third-order valence-electron chi connectivity index (χ3n) is 8.93. The molecule has 0 aromatic heterocycles. The lowest BCUT2D eigenvalue weighted by Gasteiger charge is -2.60. The topological polar surface area (TPSA) is 101 Å². The van der Waals surface area contributed by atoms with Gasteiger partial charge in [0.25, 0.3) is 0 Å². The van der Waals surface area contributed by atoms with E-state index in [1.54, 1.807) is 6.08 Å². The summed E-state index contributed by atoms with van der Waals surface area (Å²) in [6, 6.07) is 0. The number of ketones is 2. The van der Waals surface area contributed by atoms with Gasteiger partial charge in [-0.15, -0.1) is 0 Å². The quantitative estimate of drug-likeness (QED) is 0.701. The van der Waals surface area contributed by atoms with Crippen LogP contribution in [0.5, 0.6) is 0 Å². The zero-order chi connectivity index (χ0) is 21.2. The Morgan fingerprint density at radius 3 is 2.59 bits per heavy atom. The summed E-state index contributed by atoms with van der Waals surface area (Å²) in [5.74, 6) is -0.462. The Kier molecular flexibility index (Phi) is 4.82. The summed E-state index contributed by atoms with van der Waals surface area (Å²) in [5, 5.41) is 21.0. The van der Waals surface area contributed by atoms with Crippen molar-refractivity contribution < 1.29 is 29.3 Å². The molecule has 0 aromatic carbocycles. The number of Topliss-reactive ketones (excluding diaryl/α,β-unsaturated/α-hetero) is 1. The second-order valence-electron chi connectivity index (χ2n) is 10.1. The van der Waals surface area contributed by atoms with Gasteiger partial charge in [0.1, 0.15) is 6.61 Å². The van der Waals surface area contributed by atoms with Crippen molar-refractivity contribution in [1.82, 2.24) is 0 Å². The predicted octanol–water partition coefficient (Wildman–Crippen LogP) is 2.35. The molecule has 0 radical (unpaired) electrons. The summed E-state index contributed by atoms with van der Waals surface area (Å²) in [6.45, 7) is 4.76. The number of aliphatic hydroxyl groups is 2. The van der Waals surface area contributed by atoms with Gasteiger partial charge in [-0.2, -0.15) is 0 Å². The highest BCUT2D eigenvalue weighted by Crippen LogP contribution is 2.68. The summed E-state index contributed by atoms with van der Waals surface area (Å²) in [4.78, 5) is 36.8. The average Bonchev–Trinajstić information content (AvgIpc) is 2.93. The van der Waals surface area contributed by atoms with E-state index in [0.717, 1.165) is 31.3 Å². The largest absolute Gasteiger partial charge is 0.451 e. The van der Waals surface area contributed by atoms with Crippen LogP contribution in [-0.2, 0) is 19.1 Å². The van der Waals surface area contributed by atoms with Crippen LogP contribution in [0.15, 0.2) is 11.6 Å². The van der Waals surface area contributed by atoms with Crippen LogP contribution in [0.1, 0.15) is 65.7 Å². The minimum absolute atomic E-state index is 0.0334. The molecule has 6 nitrogen and oxygen atoms in total. The molecule has 160 valence electrons. The minimum Gasteiger partial charge on any atom is -0.451 e. The van der Waals surface area contributed by atoms with Crippen LogP contribution in [0.2, 0.25) is 0 Å². The Morgan fingerprint density at radius 2 is 1.93 bits per heavy atom. The Labute approximate surface area is 171 Å². The van der Waals surface area contributed by atoms with E-state index >= 15 is 0 Å². The highest BCUT2D eigenvalue weighted by Gasteiger charge is 2.70. The number of carbonyl (C=O) groups is 3. The number of hydrogen-bond acceptors (Lipinski definition) is 6. The molecule has 6 heteroatoms. The minimum atomic E-state index is -1.37. The Hall–Kier alpha value is -1.53. The van der Waals surface area contributed by atoms with Gasteiger partial charge in [-0.05, 0) is 67.8 Å². The molecule has 3 saturated carbocycles. The Morgan fingerprint density at radius 1 is 1.21 bits per heavy atom. The van der Waals surface area contributed by atoms with Crippen molar-refractivity contribution in [3.8, 4) is 0 Å². The van der Waals surface area contributed by atoms with E-state index in [-0.39, 0.29) is 29.0 Å². The highest BCUT2D eigenvalue weighted by molar-refractivity contribution is 5.92. The van der Waals surface area contributed by atoms with Crippen LogP contribution < -0.4 is 0 Å². The maximum atomic E-state index is 12.9. The number of carbonyl (C=O) groups excluding carboxylic acids is 3. The highest BCUT2D eigenvalue weighted by atomic mass is 16.6. The van der Waals surface area contributed by atoms with E-state index in [9.17, 15) is 24.6 Å². The van der Waals surface area contributed by atoms with Crippen LogP contribution in [0.4, 0.5) is 0 Å². The lowest BCUT2D eigenvalue weighted by atomic mass is 9.45. The molecule has 0 unspecified atom stereocenters. The van der Waals surface area contributed by atoms with Crippen LogP contribution >= 0.6 is 0 Å². The number of allylic oxidation sites excluding steroid dienone is 1. The van der Waals surface area contributed by atoms with Gasteiger partial charge in [-0.3, -0.25) is 14.4 Å². The molecule has 29 heavy (non-hydrogen) atoms. The molecule has 0 aromatic rings. The van der Waals surface area contributed by atoms with Crippen molar-refractivity contribution in [3.63, 3.8) is 0 Å². The van der Waals surface area contributed by atoms with Crippen LogP contribution in [0.3, 0.4) is 0 Å². The Bertz CT molecular complexity index is 786. The zero-order valence-electron chi connectivity index (χ0n) is 17.6. The lowest BCUT2D eigenvalue weighted by molar-refractivity contribution is -0.200. The first-order valence-corrected chi connectivity index (χ1v) is 10.8. The molecule has 4 aliphatic carbocycles. The van der Waals surface area contributed by atoms with Crippen molar-refractivity contribution in [2.75, 3.05) is 6.61 Å². The number of rotatable bonds is 3. The second kappa shape index (κ2) is 6.74. The van der Waals surface area contributed by atoms with Gasteiger partial charge in [0, 0.05) is 18.8 Å². The number of esters is 1. The lowest BCUT2D eigenvalue weighted by Crippen LogP contribution is -2.63. The van der Waals surface area contributed by atoms with Crippen molar-refractivity contribution >= 4 is 17.5 Å². The predicted molar refractivity (Wildman–Crippen MR) is 105 cm³/mol. The standard InChI is InChI=1S/C23H32O6/c1-13(25)29-23(19(28)12-24)9-7-17-16-5-4-14-10-15(26)6-8-21(14,2)20(16)18(27)11-22(17,23)3/h10,16-18,20,24,27H,4-9,11-12H2,1-3H3/t16-,17+,18-,20+,21-,22-,23-/m0/s1. The number of fused-ring (bicyclic) bond motifs is 5. The summed E-state index contributed by atoms with van der Waals surface area (Å²) >= 11 is 0. The van der Waals surface area contributed by atoms with E-state index in [1.807, 2.05) is 6.92 Å². The van der Waals surface area contributed by atoms with E-state index in [0.29, 0.717) is 19.3 Å². The first-order chi connectivity index (χ1) is 13.6. The summed E-state index contributed by atoms with van der Waals surface area (Å²) in [6.07, 6.45) is 5.59. The summed E-state index contributed by atoms with van der Waals surface area (Å²) < 4.78 is 5.68. The molecule has 0 bridgehead atoms. The normalized spacial score (nSPS) is 46.2. The first kappa shape index (κ1) is 20.7. The summed E-state index contributed by atoms with van der Waals surface area (Å²) in [5.41, 5.74) is -1.12. The van der Waals surface area contributed by atoms with Gasteiger partial charge in [-0.1, -0.05) is 19.4 Å². The molecule has 7 atom stereocenters. The fraction of sp³-hybridized carbons (Fsp3) is 0.783. The van der Waals surface area contributed by atoms with Crippen molar-refractivity contribution in [2.24, 2.45) is 28.6 Å². The first-order valence-electron chi connectivity index (χ1n) is 10.8. The fourth-order valence-electron chi connectivity index (χ4n) is 7.73. The molecule has 0 heterocycles. The smallest absolute Gasteiger partial charge is 0.303 e. The van der Waals surface area contributed by atoms with E-state index < -0.39 is 35.5 Å². The van der Waals surface area contributed by atoms with Crippen LogP contribution in [0.25, 0.3) is 0 Å².